The second kappa shape index (κ2) is 2.25. The first-order chi connectivity index (χ1) is 4.61. The smallest absolute Gasteiger partial charge is 0.132 e. The van der Waals surface area contributed by atoms with Crippen LogP contribution in [0.1, 0.15) is 5.56 Å². The van der Waals surface area contributed by atoms with E-state index in [1.165, 1.54) is 6.92 Å². The summed E-state index contributed by atoms with van der Waals surface area (Å²) in [6.45, 7) is 1.38. The normalized spacial score (nSPS) is 9.90. The standard InChI is InChI=1S/C7H6F2O/c1-4-6(9)2-5(8)3-7(4)10/h2-3,10H,1H3. The molecule has 0 fully saturated rings. The number of hydrogen-bond acceptors (Lipinski definition) is 1. The third-order valence-corrected chi connectivity index (χ3v) is 1.28. The van der Waals surface area contributed by atoms with E-state index in [1.807, 2.05) is 0 Å². The van der Waals surface area contributed by atoms with Crippen LogP contribution in [0.5, 0.6) is 5.75 Å². The molecule has 0 radical (unpaired) electrons. The van der Waals surface area contributed by atoms with Gasteiger partial charge in [0.2, 0.25) is 0 Å². The predicted octanol–water partition coefficient (Wildman–Crippen LogP) is 1.98. The van der Waals surface area contributed by atoms with Gasteiger partial charge >= 0.3 is 0 Å². The molecule has 0 aliphatic heterocycles. The third-order valence-electron chi connectivity index (χ3n) is 1.28. The first kappa shape index (κ1) is 6.99. The number of hydrogen-bond donors (Lipinski definition) is 1. The monoisotopic (exact) mass is 144 g/mol. The average Bonchev–Trinajstić information content (AvgIpc) is 1.82. The lowest BCUT2D eigenvalue weighted by atomic mass is 10.2. The van der Waals surface area contributed by atoms with Crippen LogP contribution in [0.3, 0.4) is 0 Å². The Balaban J connectivity index is 3.31. The minimum atomic E-state index is -0.763. The Labute approximate surface area is 56.9 Å². The molecular formula is C7H6F2O. The van der Waals surface area contributed by atoms with Crippen molar-refractivity contribution in [2.75, 3.05) is 0 Å². The highest BCUT2D eigenvalue weighted by Gasteiger charge is 2.04. The molecule has 10 heavy (non-hydrogen) atoms. The zero-order valence-electron chi connectivity index (χ0n) is 5.36. The highest BCUT2D eigenvalue weighted by Crippen LogP contribution is 2.19. The Bertz CT molecular complexity index is 235. The van der Waals surface area contributed by atoms with Crippen LogP contribution in [-0.4, -0.2) is 5.11 Å². The van der Waals surface area contributed by atoms with E-state index >= 15 is 0 Å². The van der Waals surface area contributed by atoms with Crippen molar-refractivity contribution in [2.24, 2.45) is 0 Å². The van der Waals surface area contributed by atoms with Crippen molar-refractivity contribution >= 4 is 0 Å². The highest BCUT2D eigenvalue weighted by molar-refractivity contribution is 5.32. The first-order valence-electron chi connectivity index (χ1n) is 2.76. The topological polar surface area (TPSA) is 20.2 Å². The van der Waals surface area contributed by atoms with Crippen molar-refractivity contribution in [3.8, 4) is 5.75 Å². The number of phenols is 1. The fourth-order valence-corrected chi connectivity index (χ4v) is 0.632. The van der Waals surface area contributed by atoms with E-state index in [9.17, 15) is 8.78 Å². The van der Waals surface area contributed by atoms with Gasteiger partial charge in [-0.3, -0.25) is 0 Å². The fourth-order valence-electron chi connectivity index (χ4n) is 0.632. The SMILES string of the molecule is Cc1c(O)cc(F)cc1F. The summed E-state index contributed by atoms with van der Waals surface area (Å²) in [6, 6.07) is 1.60. The van der Waals surface area contributed by atoms with E-state index < -0.39 is 11.6 Å². The summed E-state index contributed by atoms with van der Waals surface area (Å²) in [6.07, 6.45) is 0. The lowest BCUT2D eigenvalue weighted by Crippen LogP contribution is -1.84. The van der Waals surface area contributed by atoms with Gasteiger partial charge in [0.1, 0.15) is 17.4 Å². The second-order valence-corrected chi connectivity index (χ2v) is 2.03. The van der Waals surface area contributed by atoms with Gasteiger partial charge < -0.3 is 5.11 Å². The van der Waals surface area contributed by atoms with Gasteiger partial charge in [-0.15, -0.1) is 0 Å². The summed E-state index contributed by atoms with van der Waals surface area (Å²) in [5.74, 6) is -1.84. The van der Waals surface area contributed by atoms with E-state index in [-0.39, 0.29) is 11.3 Å². The van der Waals surface area contributed by atoms with E-state index in [0.29, 0.717) is 0 Å². The van der Waals surface area contributed by atoms with Gasteiger partial charge in [0.05, 0.1) is 0 Å². The van der Waals surface area contributed by atoms with Crippen molar-refractivity contribution in [3.05, 3.63) is 29.3 Å². The molecule has 0 amide bonds. The molecule has 1 nitrogen and oxygen atoms in total. The maximum absolute atomic E-state index is 12.4. The van der Waals surface area contributed by atoms with Crippen LogP contribution in [0.2, 0.25) is 0 Å². The molecule has 0 heterocycles. The van der Waals surface area contributed by atoms with Crippen molar-refractivity contribution in [1.82, 2.24) is 0 Å². The molecule has 0 aromatic heterocycles. The molecule has 54 valence electrons. The molecule has 1 aromatic carbocycles. The van der Waals surface area contributed by atoms with Gasteiger partial charge in [0, 0.05) is 17.7 Å². The number of benzene rings is 1. The van der Waals surface area contributed by atoms with Gasteiger partial charge in [0.25, 0.3) is 0 Å². The lowest BCUT2D eigenvalue weighted by Gasteiger charge is -1.98. The van der Waals surface area contributed by atoms with Gasteiger partial charge in [0.15, 0.2) is 0 Å². The summed E-state index contributed by atoms with van der Waals surface area (Å²) in [5.41, 5.74) is 0.0707. The van der Waals surface area contributed by atoms with Crippen LogP contribution in [0.25, 0.3) is 0 Å². The van der Waals surface area contributed by atoms with Gasteiger partial charge in [-0.1, -0.05) is 0 Å². The summed E-state index contributed by atoms with van der Waals surface area (Å²) >= 11 is 0. The number of halogens is 2. The Kier molecular flexibility index (Phi) is 1.57. The minimum absolute atomic E-state index is 0.0707. The Hall–Kier alpha value is -1.12. The van der Waals surface area contributed by atoms with E-state index in [2.05, 4.69) is 0 Å². The summed E-state index contributed by atoms with van der Waals surface area (Å²) < 4.78 is 24.6. The highest BCUT2D eigenvalue weighted by atomic mass is 19.1. The maximum Gasteiger partial charge on any atom is 0.132 e. The maximum atomic E-state index is 12.4. The average molecular weight is 144 g/mol. The molecule has 0 saturated heterocycles. The van der Waals surface area contributed by atoms with Crippen LogP contribution in [0, 0.1) is 18.6 Å². The molecule has 1 N–H and O–H groups in total. The Morgan fingerprint density at radius 1 is 1.30 bits per heavy atom. The zero-order chi connectivity index (χ0) is 7.72. The molecule has 0 spiro atoms. The molecular weight excluding hydrogens is 138 g/mol. The molecule has 0 unspecified atom stereocenters. The molecule has 0 aliphatic carbocycles. The number of aromatic hydroxyl groups is 1. The van der Waals surface area contributed by atoms with E-state index in [4.69, 9.17) is 5.11 Å². The quantitative estimate of drug-likeness (QED) is 0.590. The lowest BCUT2D eigenvalue weighted by molar-refractivity contribution is 0.454. The Morgan fingerprint density at radius 3 is 2.40 bits per heavy atom. The van der Waals surface area contributed by atoms with E-state index in [1.54, 1.807) is 0 Å². The molecule has 0 atom stereocenters. The van der Waals surface area contributed by atoms with Crippen molar-refractivity contribution in [3.63, 3.8) is 0 Å². The fraction of sp³-hybridized carbons (Fsp3) is 0.143. The molecule has 1 aromatic rings. The summed E-state index contributed by atoms with van der Waals surface area (Å²) in [7, 11) is 0. The molecule has 3 heteroatoms. The van der Waals surface area contributed by atoms with E-state index in [0.717, 1.165) is 12.1 Å². The van der Waals surface area contributed by atoms with Crippen molar-refractivity contribution in [1.29, 1.82) is 0 Å². The first-order valence-corrected chi connectivity index (χ1v) is 2.76. The van der Waals surface area contributed by atoms with Gasteiger partial charge in [-0.25, -0.2) is 8.78 Å². The predicted molar refractivity (Wildman–Crippen MR) is 32.8 cm³/mol. The molecule has 0 saturated carbocycles. The van der Waals surface area contributed by atoms with Crippen LogP contribution >= 0.6 is 0 Å². The van der Waals surface area contributed by atoms with Gasteiger partial charge in [-0.2, -0.15) is 0 Å². The van der Waals surface area contributed by atoms with Gasteiger partial charge in [-0.05, 0) is 6.92 Å². The number of phenolic OH excluding ortho intramolecular Hbond substituents is 1. The van der Waals surface area contributed by atoms with Crippen LogP contribution in [0.4, 0.5) is 8.78 Å². The van der Waals surface area contributed by atoms with Crippen LogP contribution in [-0.2, 0) is 0 Å². The van der Waals surface area contributed by atoms with Crippen molar-refractivity contribution < 1.29 is 13.9 Å². The second-order valence-electron chi connectivity index (χ2n) is 2.03. The van der Waals surface area contributed by atoms with Crippen LogP contribution < -0.4 is 0 Å². The van der Waals surface area contributed by atoms with Crippen LogP contribution in [0.15, 0.2) is 12.1 Å². The summed E-state index contributed by atoms with van der Waals surface area (Å²) in [5, 5.41) is 8.80. The largest absolute Gasteiger partial charge is 0.507 e. The van der Waals surface area contributed by atoms with Crippen molar-refractivity contribution in [2.45, 2.75) is 6.92 Å². The summed E-state index contributed by atoms with van der Waals surface area (Å²) in [4.78, 5) is 0. The molecule has 1 rings (SSSR count). The molecule has 0 bridgehead atoms. The number of rotatable bonds is 0. The minimum Gasteiger partial charge on any atom is -0.507 e. The Morgan fingerprint density at radius 2 is 1.90 bits per heavy atom. The third kappa shape index (κ3) is 1.07. The zero-order valence-corrected chi connectivity index (χ0v) is 5.36. The molecule has 0 aliphatic rings.